The molecule has 0 atom stereocenters. The van der Waals surface area contributed by atoms with Crippen LogP contribution in [-0.4, -0.2) is 44.5 Å². The topological polar surface area (TPSA) is 83.4 Å². The summed E-state index contributed by atoms with van der Waals surface area (Å²) in [6.07, 6.45) is 3.04. The highest BCUT2D eigenvalue weighted by atomic mass is 32.2. The number of aromatic nitrogens is 1. The SMILES string of the molecule is CCNC(=NCc1ncc(C)s1)NCCS(C)(=O)=O. The Kier molecular flexibility index (Phi) is 6.23. The molecule has 19 heavy (non-hydrogen) atoms. The van der Waals surface area contributed by atoms with Gasteiger partial charge in [0.2, 0.25) is 0 Å². The van der Waals surface area contributed by atoms with Crippen LogP contribution in [-0.2, 0) is 16.4 Å². The summed E-state index contributed by atoms with van der Waals surface area (Å²) >= 11 is 1.61. The smallest absolute Gasteiger partial charge is 0.191 e. The number of sulfone groups is 1. The van der Waals surface area contributed by atoms with Gasteiger partial charge in [-0.15, -0.1) is 11.3 Å². The van der Waals surface area contributed by atoms with Crippen molar-refractivity contribution < 1.29 is 8.42 Å². The molecule has 0 aromatic carbocycles. The lowest BCUT2D eigenvalue weighted by Gasteiger charge is -2.10. The fourth-order valence-corrected chi connectivity index (χ4v) is 2.50. The number of hydrogen-bond acceptors (Lipinski definition) is 5. The van der Waals surface area contributed by atoms with Gasteiger partial charge >= 0.3 is 0 Å². The molecular formula is C11H20N4O2S2. The van der Waals surface area contributed by atoms with E-state index in [0.29, 0.717) is 19.0 Å². The summed E-state index contributed by atoms with van der Waals surface area (Å²) in [6, 6.07) is 0. The molecule has 0 aliphatic rings. The molecule has 1 aromatic rings. The maximum atomic E-state index is 11.0. The number of nitrogens with one attached hydrogen (secondary N) is 2. The molecule has 2 N–H and O–H groups in total. The minimum Gasteiger partial charge on any atom is -0.357 e. The highest BCUT2D eigenvalue weighted by Gasteiger charge is 2.03. The van der Waals surface area contributed by atoms with Crippen molar-refractivity contribution in [2.45, 2.75) is 20.4 Å². The van der Waals surface area contributed by atoms with Crippen molar-refractivity contribution in [2.75, 3.05) is 25.1 Å². The molecule has 0 amide bonds. The summed E-state index contributed by atoms with van der Waals surface area (Å²) < 4.78 is 22.1. The quantitative estimate of drug-likeness (QED) is 0.592. The predicted octanol–water partition coefficient (Wildman–Crippen LogP) is 0.551. The van der Waals surface area contributed by atoms with E-state index in [1.54, 1.807) is 11.3 Å². The van der Waals surface area contributed by atoms with Gasteiger partial charge < -0.3 is 10.6 Å². The van der Waals surface area contributed by atoms with E-state index in [0.717, 1.165) is 16.4 Å². The molecule has 8 heteroatoms. The van der Waals surface area contributed by atoms with Gasteiger partial charge in [-0.25, -0.2) is 18.4 Å². The zero-order chi connectivity index (χ0) is 14.3. The van der Waals surface area contributed by atoms with E-state index in [4.69, 9.17) is 0 Å². The van der Waals surface area contributed by atoms with Crippen molar-refractivity contribution >= 4 is 27.1 Å². The van der Waals surface area contributed by atoms with Gasteiger partial charge in [0.1, 0.15) is 14.8 Å². The third-order valence-electron chi connectivity index (χ3n) is 2.15. The third-order valence-corrected chi connectivity index (χ3v) is 3.99. The minimum atomic E-state index is -2.95. The first kappa shape index (κ1) is 15.9. The fraction of sp³-hybridized carbons (Fsp3) is 0.636. The van der Waals surface area contributed by atoms with E-state index >= 15 is 0 Å². The Morgan fingerprint density at radius 3 is 2.74 bits per heavy atom. The average molecular weight is 304 g/mol. The minimum absolute atomic E-state index is 0.0910. The van der Waals surface area contributed by atoms with Gasteiger partial charge in [0.25, 0.3) is 0 Å². The van der Waals surface area contributed by atoms with E-state index in [2.05, 4.69) is 20.6 Å². The van der Waals surface area contributed by atoms with E-state index in [1.807, 2.05) is 20.0 Å². The molecule has 0 saturated heterocycles. The zero-order valence-electron chi connectivity index (χ0n) is 11.4. The number of nitrogens with zero attached hydrogens (tertiary/aromatic N) is 2. The van der Waals surface area contributed by atoms with E-state index < -0.39 is 9.84 Å². The second-order valence-electron chi connectivity index (χ2n) is 4.12. The van der Waals surface area contributed by atoms with Crippen LogP contribution in [0.2, 0.25) is 0 Å². The summed E-state index contributed by atoms with van der Waals surface area (Å²) in [5.41, 5.74) is 0. The lowest BCUT2D eigenvalue weighted by molar-refractivity contribution is 0.600. The van der Waals surface area contributed by atoms with Gasteiger partial charge in [0, 0.05) is 30.4 Å². The summed E-state index contributed by atoms with van der Waals surface area (Å²) in [6.45, 7) is 5.53. The monoisotopic (exact) mass is 304 g/mol. The molecule has 0 aliphatic heterocycles. The molecule has 0 saturated carbocycles. The highest BCUT2D eigenvalue weighted by Crippen LogP contribution is 2.11. The maximum Gasteiger partial charge on any atom is 0.191 e. The first-order chi connectivity index (χ1) is 8.90. The van der Waals surface area contributed by atoms with Crippen molar-refractivity contribution in [3.8, 4) is 0 Å². The molecule has 6 nitrogen and oxygen atoms in total. The van der Waals surface area contributed by atoms with Crippen molar-refractivity contribution in [1.82, 2.24) is 15.6 Å². The number of hydrogen-bond donors (Lipinski definition) is 2. The summed E-state index contributed by atoms with van der Waals surface area (Å²) in [4.78, 5) is 9.74. The Bertz CT molecular complexity index is 523. The predicted molar refractivity (Wildman–Crippen MR) is 79.4 cm³/mol. The molecule has 0 bridgehead atoms. The van der Waals surface area contributed by atoms with Crippen LogP contribution in [0.5, 0.6) is 0 Å². The molecular weight excluding hydrogens is 284 g/mol. The zero-order valence-corrected chi connectivity index (χ0v) is 13.1. The lowest BCUT2D eigenvalue weighted by Crippen LogP contribution is -2.39. The lowest BCUT2D eigenvalue weighted by atomic mass is 10.6. The number of thiazole rings is 1. The Morgan fingerprint density at radius 1 is 1.47 bits per heavy atom. The van der Waals surface area contributed by atoms with Crippen molar-refractivity contribution in [3.63, 3.8) is 0 Å². The second kappa shape index (κ2) is 7.44. The van der Waals surface area contributed by atoms with Gasteiger partial charge in [-0.05, 0) is 13.8 Å². The van der Waals surface area contributed by atoms with E-state index in [1.165, 1.54) is 6.26 Å². The van der Waals surface area contributed by atoms with Gasteiger partial charge in [-0.2, -0.15) is 0 Å². The summed E-state index contributed by atoms with van der Waals surface area (Å²) in [7, 11) is -2.95. The summed E-state index contributed by atoms with van der Waals surface area (Å²) in [5, 5.41) is 7.00. The van der Waals surface area contributed by atoms with Gasteiger partial charge in [0.05, 0.1) is 12.3 Å². The number of rotatable bonds is 6. The van der Waals surface area contributed by atoms with Gasteiger partial charge in [-0.1, -0.05) is 0 Å². The van der Waals surface area contributed by atoms with Crippen molar-refractivity contribution in [2.24, 2.45) is 4.99 Å². The molecule has 1 rings (SSSR count). The Hall–Kier alpha value is -1.15. The van der Waals surface area contributed by atoms with Crippen LogP contribution in [0.15, 0.2) is 11.2 Å². The molecule has 0 aliphatic carbocycles. The number of guanidine groups is 1. The van der Waals surface area contributed by atoms with Crippen LogP contribution in [0.25, 0.3) is 0 Å². The molecule has 0 radical (unpaired) electrons. The Morgan fingerprint density at radius 2 is 2.21 bits per heavy atom. The largest absolute Gasteiger partial charge is 0.357 e. The molecule has 1 aromatic heterocycles. The van der Waals surface area contributed by atoms with E-state index in [-0.39, 0.29) is 5.75 Å². The summed E-state index contributed by atoms with van der Waals surface area (Å²) in [5.74, 6) is 0.701. The van der Waals surface area contributed by atoms with Gasteiger partial charge in [-0.3, -0.25) is 0 Å². The normalized spacial score (nSPS) is 12.5. The Labute approximate surface area is 118 Å². The molecule has 0 fully saturated rings. The van der Waals surface area contributed by atoms with Crippen molar-refractivity contribution in [1.29, 1.82) is 0 Å². The Balaban J connectivity index is 2.51. The first-order valence-corrected chi connectivity index (χ1v) is 8.89. The number of aryl methyl sites for hydroxylation is 1. The van der Waals surface area contributed by atoms with Crippen molar-refractivity contribution in [3.05, 3.63) is 16.1 Å². The maximum absolute atomic E-state index is 11.0. The van der Waals surface area contributed by atoms with Crippen LogP contribution < -0.4 is 10.6 Å². The van der Waals surface area contributed by atoms with Gasteiger partial charge in [0.15, 0.2) is 5.96 Å². The molecule has 1 heterocycles. The number of aliphatic imine (C=N–C) groups is 1. The fourth-order valence-electron chi connectivity index (χ4n) is 1.32. The standard InChI is InChI=1S/C11H20N4O2S2/c1-4-12-11(13-5-6-19(3,16)17)15-8-10-14-7-9(2)18-10/h7H,4-6,8H2,1-3H3,(H2,12,13,15). The van der Waals surface area contributed by atoms with Crippen LogP contribution in [0, 0.1) is 6.92 Å². The van der Waals surface area contributed by atoms with Crippen LogP contribution in [0.3, 0.4) is 0 Å². The van der Waals surface area contributed by atoms with Crippen LogP contribution >= 0.6 is 11.3 Å². The van der Waals surface area contributed by atoms with Crippen LogP contribution in [0.4, 0.5) is 0 Å². The third kappa shape index (κ3) is 7.12. The average Bonchev–Trinajstić information content (AvgIpc) is 2.70. The van der Waals surface area contributed by atoms with Crippen LogP contribution in [0.1, 0.15) is 16.8 Å². The second-order valence-corrected chi connectivity index (χ2v) is 7.70. The molecule has 108 valence electrons. The molecule has 0 spiro atoms. The first-order valence-electron chi connectivity index (χ1n) is 6.02. The van der Waals surface area contributed by atoms with E-state index in [9.17, 15) is 8.42 Å². The highest BCUT2D eigenvalue weighted by molar-refractivity contribution is 7.90. The molecule has 0 unspecified atom stereocenters.